The fraction of sp³-hybridized carbons (Fsp3) is 0.700. The van der Waals surface area contributed by atoms with Gasteiger partial charge in [0.25, 0.3) is 0 Å². The second-order valence-electron chi connectivity index (χ2n) is 2.92. The molecule has 2 N–H and O–H groups in total. The molecule has 0 aliphatic carbocycles. The highest BCUT2D eigenvalue weighted by Crippen LogP contribution is 1.87. The number of nitrogens with one attached hydrogen (secondary N) is 2. The molecule has 0 fully saturated rings. The third-order valence-electron chi connectivity index (χ3n) is 1.68. The molecule has 0 spiro atoms. The molecule has 0 heterocycles. The van der Waals surface area contributed by atoms with Gasteiger partial charge in [-0.05, 0) is 6.42 Å². The molecule has 0 aliphatic rings. The van der Waals surface area contributed by atoms with Crippen LogP contribution in [0.4, 0.5) is 0 Å². The minimum absolute atomic E-state index is 0. The molecule has 0 aliphatic heterocycles. The van der Waals surface area contributed by atoms with Crippen LogP contribution < -0.4 is 10.6 Å². The van der Waals surface area contributed by atoms with Crippen LogP contribution in [0.3, 0.4) is 0 Å². The zero-order valence-corrected chi connectivity index (χ0v) is 11.3. The van der Waals surface area contributed by atoms with Gasteiger partial charge < -0.3 is 15.4 Å². The molecule has 0 rings (SSSR count). The summed E-state index contributed by atoms with van der Waals surface area (Å²) >= 11 is 0. The lowest BCUT2D eigenvalue weighted by Crippen LogP contribution is -2.32. The predicted molar refractivity (Wildman–Crippen MR) is 71.7 cm³/mol. The van der Waals surface area contributed by atoms with Gasteiger partial charge in [0.2, 0.25) is 5.91 Å². The van der Waals surface area contributed by atoms with Crippen LogP contribution in [0.1, 0.15) is 12.8 Å². The molecule has 1 amide bonds. The standard InChI is InChI=1S/C10H20N2O2.2ClH/c1-3-4-5-10(13)12-7-6-11-8-9-14-2;;/h3,11H,1,4-9H2,2H3,(H,12,13);2*1H. The first-order valence-corrected chi connectivity index (χ1v) is 4.88. The summed E-state index contributed by atoms with van der Waals surface area (Å²) in [5, 5.41) is 5.94. The smallest absolute Gasteiger partial charge is 0.220 e. The van der Waals surface area contributed by atoms with E-state index in [1.54, 1.807) is 13.2 Å². The van der Waals surface area contributed by atoms with E-state index >= 15 is 0 Å². The molecule has 0 atom stereocenters. The van der Waals surface area contributed by atoms with E-state index in [1.165, 1.54) is 0 Å². The Balaban J connectivity index is -0.000000845. The van der Waals surface area contributed by atoms with Crippen LogP contribution in [-0.2, 0) is 9.53 Å². The first kappa shape index (κ1) is 21.0. The van der Waals surface area contributed by atoms with Crippen molar-refractivity contribution < 1.29 is 9.53 Å². The van der Waals surface area contributed by atoms with E-state index in [-0.39, 0.29) is 30.7 Å². The van der Waals surface area contributed by atoms with Crippen LogP contribution in [0, 0.1) is 0 Å². The Hall–Kier alpha value is -0.290. The van der Waals surface area contributed by atoms with Gasteiger partial charge in [0.1, 0.15) is 0 Å². The van der Waals surface area contributed by atoms with Crippen LogP contribution >= 0.6 is 24.8 Å². The zero-order chi connectivity index (χ0) is 10.6. The van der Waals surface area contributed by atoms with Crippen LogP contribution in [-0.4, -0.2) is 39.3 Å². The van der Waals surface area contributed by atoms with E-state index in [0.717, 1.165) is 19.5 Å². The van der Waals surface area contributed by atoms with Crippen LogP contribution in [0.15, 0.2) is 12.7 Å². The maximum absolute atomic E-state index is 11.1. The van der Waals surface area contributed by atoms with Crippen LogP contribution in [0.25, 0.3) is 0 Å². The maximum atomic E-state index is 11.1. The van der Waals surface area contributed by atoms with Crippen molar-refractivity contribution in [3.05, 3.63) is 12.7 Å². The number of methoxy groups -OCH3 is 1. The molecule has 4 nitrogen and oxygen atoms in total. The lowest BCUT2D eigenvalue weighted by Gasteiger charge is -2.05. The molecule has 0 aromatic carbocycles. The number of hydrogen-bond acceptors (Lipinski definition) is 3. The fourth-order valence-electron chi connectivity index (χ4n) is 0.911. The Labute approximate surface area is 110 Å². The summed E-state index contributed by atoms with van der Waals surface area (Å²) in [5.74, 6) is 0.0819. The summed E-state index contributed by atoms with van der Waals surface area (Å²) < 4.78 is 4.86. The molecule has 0 aromatic rings. The largest absolute Gasteiger partial charge is 0.383 e. The van der Waals surface area contributed by atoms with E-state index in [4.69, 9.17) is 4.74 Å². The van der Waals surface area contributed by atoms with Crippen molar-refractivity contribution in [1.82, 2.24) is 10.6 Å². The quantitative estimate of drug-likeness (QED) is 0.489. The van der Waals surface area contributed by atoms with Crippen molar-refractivity contribution in [2.24, 2.45) is 0 Å². The van der Waals surface area contributed by atoms with Crippen molar-refractivity contribution in [3.63, 3.8) is 0 Å². The van der Waals surface area contributed by atoms with Crippen molar-refractivity contribution in [2.45, 2.75) is 12.8 Å². The van der Waals surface area contributed by atoms with Gasteiger partial charge in [-0.3, -0.25) is 4.79 Å². The molecule has 0 bridgehead atoms. The topological polar surface area (TPSA) is 50.4 Å². The summed E-state index contributed by atoms with van der Waals surface area (Å²) in [6, 6.07) is 0. The fourth-order valence-corrected chi connectivity index (χ4v) is 0.911. The number of carbonyl (C=O) groups is 1. The average molecular weight is 273 g/mol. The van der Waals surface area contributed by atoms with Gasteiger partial charge in [0, 0.05) is 33.2 Å². The summed E-state index contributed by atoms with van der Waals surface area (Å²) in [6.07, 6.45) is 3.01. The van der Waals surface area contributed by atoms with Gasteiger partial charge in [-0.2, -0.15) is 0 Å². The minimum atomic E-state index is 0. The first-order chi connectivity index (χ1) is 6.81. The van der Waals surface area contributed by atoms with Gasteiger partial charge >= 0.3 is 0 Å². The van der Waals surface area contributed by atoms with Gasteiger partial charge in [-0.1, -0.05) is 6.08 Å². The van der Waals surface area contributed by atoms with Crippen LogP contribution in [0.5, 0.6) is 0 Å². The molecular formula is C10H22Cl2N2O2. The molecule has 6 heteroatoms. The number of carbonyl (C=O) groups excluding carboxylic acids is 1. The van der Waals surface area contributed by atoms with Crippen LogP contribution in [0.2, 0.25) is 0 Å². The number of allylic oxidation sites excluding steroid dienone is 1. The summed E-state index contributed by atoms with van der Waals surface area (Å²) in [6.45, 7) is 6.52. The lowest BCUT2D eigenvalue weighted by molar-refractivity contribution is -0.120. The molecule has 16 heavy (non-hydrogen) atoms. The summed E-state index contributed by atoms with van der Waals surface area (Å²) in [5.41, 5.74) is 0. The Kier molecular flexibility index (Phi) is 22.5. The van der Waals surface area contributed by atoms with E-state index in [0.29, 0.717) is 19.6 Å². The number of halogens is 2. The van der Waals surface area contributed by atoms with E-state index in [1.807, 2.05) is 0 Å². The first-order valence-electron chi connectivity index (χ1n) is 4.88. The van der Waals surface area contributed by atoms with Crippen molar-refractivity contribution in [2.75, 3.05) is 33.4 Å². The van der Waals surface area contributed by atoms with Crippen molar-refractivity contribution >= 4 is 30.7 Å². The molecule has 98 valence electrons. The second-order valence-corrected chi connectivity index (χ2v) is 2.92. The van der Waals surface area contributed by atoms with E-state index < -0.39 is 0 Å². The lowest BCUT2D eigenvalue weighted by atomic mass is 10.3. The average Bonchev–Trinajstić information content (AvgIpc) is 2.20. The van der Waals surface area contributed by atoms with Gasteiger partial charge in [0.15, 0.2) is 0 Å². The van der Waals surface area contributed by atoms with Gasteiger partial charge in [-0.25, -0.2) is 0 Å². The van der Waals surface area contributed by atoms with Crippen molar-refractivity contribution in [1.29, 1.82) is 0 Å². The maximum Gasteiger partial charge on any atom is 0.220 e. The molecule has 0 aromatic heterocycles. The molecule has 0 saturated carbocycles. The third-order valence-corrected chi connectivity index (χ3v) is 1.68. The molecule has 0 unspecified atom stereocenters. The molecule has 0 saturated heterocycles. The third kappa shape index (κ3) is 16.2. The highest BCUT2D eigenvalue weighted by Gasteiger charge is 1.97. The molecule has 0 radical (unpaired) electrons. The highest BCUT2D eigenvalue weighted by atomic mass is 35.5. The number of ether oxygens (including phenoxy) is 1. The van der Waals surface area contributed by atoms with E-state index in [9.17, 15) is 4.79 Å². The Bertz CT molecular complexity index is 169. The normalized spacial score (nSPS) is 8.56. The SMILES string of the molecule is C=CCCC(=O)NCCNCCOC.Cl.Cl. The van der Waals surface area contributed by atoms with Crippen molar-refractivity contribution in [3.8, 4) is 0 Å². The monoisotopic (exact) mass is 272 g/mol. The Morgan fingerprint density at radius 1 is 1.31 bits per heavy atom. The minimum Gasteiger partial charge on any atom is -0.383 e. The Morgan fingerprint density at radius 3 is 2.56 bits per heavy atom. The van der Waals surface area contributed by atoms with Gasteiger partial charge in [0.05, 0.1) is 6.61 Å². The highest BCUT2D eigenvalue weighted by molar-refractivity contribution is 5.85. The predicted octanol–water partition coefficient (Wildman–Crippen LogP) is 1.15. The number of hydrogen-bond donors (Lipinski definition) is 2. The summed E-state index contributed by atoms with van der Waals surface area (Å²) in [4.78, 5) is 11.1. The second kappa shape index (κ2) is 17.1. The zero-order valence-electron chi connectivity index (χ0n) is 9.66. The van der Waals surface area contributed by atoms with Gasteiger partial charge in [-0.15, -0.1) is 31.4 Å². The summed E-state index contributed by atoms with van der Waals surface area (Å²) in [7, 11) is 1.67. The number of amides is 1. The molecular weight excluding hydrogens is 251 g/mol. The van der Waals surface area contributed by atoms with E-state index in [2.05, 4.69) is 17.2 Å². The Morgan fingerprint density at radius 2 is 2.00 bits per heavy atom. The number of rotatable bonds is 9.